The summed E-state index contributed by atoms with van der Waals surface area (Å²) in [6.07, 6.45) is 12.6. The Morgan fingerprint density at radius 1 is 1.31 bits per heavy atom. The standard InChI is InChI=1S/C23H29NO3.C4H9N/c1-16-7-9-19(25)14-20(16)23(3)12-5-6-17(2)22(23)24(4)21(26)10-8-18-11-13-27-15-18;5-3-4-1-2-4/h7-11,13-15,17,22,25H,5-6,12H2,1-4H3;4H,1-3,5H2/b10-8+;/t17?,22-,23-;/m1./s1. The first-order valence-corrected chi connectivity index (χ1v) is 11.7. The summed E-state index contributed by atoms with van der Waals surface area (Å²) in [4.78, 5) is 14.8. The Hall–Kier alpha value is -2.53. The van der Waals surface area contributed by atoms with E-state index >= 15 is 0 Å². The monoisotopic (exact) mass is 438 g/mol. The molecule has 0 saturated heterocycles. The van der Waals surface area contributed by atoms with Crippen LogP contribution in [-0.2, 0) is 10.2 Å². The molecule has 2 aliphatic rings. The lowest BCUT2D eigenvalue weighted by Crippen LogP contribution is -2.55. The number of phenolic OH excluding ortho intramolecular Hbond substituents is 1. The molecule has 1 aromatic heterocycles. The Bertz CT molecular complexity index is 917. The smallest absolute Gasteiger partial charge is 0.246 e. The number of carbonyl (C=O) groups is 1. The van der Waals surface area contributed by atoms with Gasteiger partial charge in [0.15, 0.2) is 0 Å². The van der Waals surface area contributed by atoms with Crippen LogP contribution in [0.25, 0.3) is 6.08 Å². The minimum absolute atomic E-state index is 0.0148. The molecule has 5 nitrogen and oxygen atoms in total. The number of aryl methyl sites for hydroxylation is 1. The Balaban J connectivity index is 0.000000509. The first-order chi connectivity index (χ1) is 15.3. The zero-order chi connectivity index (χ0) is 23.3. The molecule has 2 aliphatic carbocycles. The van der Waals surface area contributed by atoms with Gasteiger partial charge < -0.3 is 20.2 Å². The highest BCUT2D eigenvalue weighted by Crippen LogP contribution is 2.46. The molecule has 5 heteroatoms. The number of phenols is 1. The lowest BCUT2D eigenvalue weighted by molar-refractivity contribution is -0.130. The molecular formula is C27H38N2O3. The summed E-state index contributed by atoms with van der Waals surface area (Å²) in [6.45, 7) is 7.46. The summed E-state index contributed by atoms with van der Waals surface area (Å²) >= 11 is 0. The van der Waals surface area contributed by atoms with Gasteiger partial charge in [-0.2, -0.15) is 0 Å². The second-order valence-electron chi connectivity index (χ2n) is 9.75. The molecule has 2 aromatic rings. The normalized spacial score (nSPS) is 25.3. The van der Waals surface area contributed by atoms with Crippen LogP contribution < -0.4 is 5.73 Å². The van der Waals surface area contributed by atoms with Crippen LogP contribution in [0.3, 0.4) is 0 Å². The topological polar surface area (TPSA) is 79.7 Å². The van der Waals surface area contributed by atoms with E-state index < -0.39 is 0 Å². The summed E-state index contributed by atoms with van der Waals surface area (Å²) in [5.74, 6) is 1.55. The Labute approximate surface area is 192 Å². The van der Waals surface area contributed by atoms with Gasteiger partial charge in [-0.15, -0.1) is 0 Å². The average Bonchev–Trinajstić information content (AvgIpc) is 3.47. The van der Waals surface area contributed by atoms with Gasteiger partial charge in [-0.3, -0.25) is 4.79 Å². The van der Waals surface area contributed by atoms with Crippen LogP contribution in [0.1, 0.15) is 62.6 Å². The van der Waals surface area contributed by atoms with Gasteiger partial charge in [0.2, 0.25) is 5.91 Å². The van der Waals surface area contributed by atoms with E-state index in [4.69, 9.17) is 10.2 Å². The van der Waals surface area contributed by atoms with Gasteiger partial charge in [0.05, 0.1) is 12.5 Å². The van der Waals surface area contributed by atoms with Crippen LogP contribution >= 0.6 is 0 Å². The summed E-state index contributed by atoms with van der Waals surface area (Å²) < 4.78 is 5.06. The van der Waals surface area contributed by atoms with Gasteiger partial charge in [0, 0.05) is 30.1 Å². The van der Waals surface area contributed by atoms with E-state index in [2.05, 4.69) is 20.8 Å². The first-order valence-electron chi connectivity index (χ1n) is 11.7. The minimum Gasteiger partial charge on any atom is -0.508 e. The molecule has 1 unspecified atom stereocenters. The summed E-state index contributed by atoms with van der Waals surface area (Å²) in [6, 6.07) is 7.46. The molecule has 1 amide bonds. The molecule has 2 fully saturated rings. The Morgan fingerprint density at radius 3 is 2.66 bits per heavy atom. The third-order valence-electron chi connectivity index (χ3n) is 7.14. The highest BCUT2D eigenvalue weighted by atomic mass is 16.3. The van der Waals surface area contributed by atoms with E-state index in [-0.39, 0.29) is 23.1 Å². The second kappa shape index (κ2) is 10.4. The Morgan fingerprint density at radius 2 is 2.06 bits per heavy atom. The maximum atomic E-state index is 12.9. The van der Waals surface area contributed by atoms with Crippen LogP contribution in [-0.4, -0.2) is 35.5 Å². The molecule has 0 spiro atoms. The van der Waals surface area contributed by atoms with Crippen molar-refractivity contribution in [2.75, 3.05) is 13.6 Å². The van der Waals surface area contributed by atoms with E-state index in [0.717, 1.165) is 48.4 Å². The molecule has 0 radical (unpaired) electrons. The van der Waals surface area contributed by atoms with Crippen molar-refractivity contribution in [3.8, 4) is 5.75 Å². The SMILES string of the molecule is Cc1ccc(O)cc1[C@@]1(C)CCCC(C)[C@H]1N(C)C(=O)/C=C/c1ccoc1.NCC1CC1. The molecule has 0 aliphatic heterocycles. The van der Waals surface area contributed by atoms with E-state index in [1.807, 2.05) is 30.1 Å². The van der Waals surface area contributed by atoms with Crippen molar-refractivity contribution in [3.05, 3.63) is 59.6 Å². The number of rotatable bonds is 5. The van der Waals surface area contributed by atoms with E-state index in [0.29, 0.717) is 5.92 Å². The first kappa shape index (κ1) is 24.1. The largest absolute Gasteiger partial charge is 0.508 e. The summed E-state index contributed by atoms with van der Waals surface area (Å²) in [5, 5.41) is 10.1. The van der Waals surface area contributed by atoms with Gasteiger partial charge >= 0.3 is 0 Å². The highest BCUT2D eigenvalue weighted by Gasteiger charge is 2.45. The molecule has 0 bridgehead atoms. The quantitative estimate of drug-likeness (QED) is 0.624. The van der Waals surface area contributed by atoms with E-state index in [1.54, 1.807) is 30.7 Å². The van der Waals surface area contributed by atoms with E-state index in [1.165, 1.54) is 12.8 Å². The molecular weight excluding hydrogens is 400 g/mol. The lowest BCUT2D eigenvalue weighted by atomic mass is 9.62. The number of carbonyl (C=O) groups excluding carboxylic acids is 1. The molecule has 1 heterocycles. The fourth-order valence-corrected chi connectivity index (χ4v) is 5.20. The zero-order valence-corrected chi connectivity index (χ0v) is 19.9. The number of hydrogen-bond donors (Lipinski definition) is 2. The number of amides is 1. The van der Waals surface area contributed by atoms with Crippen molar-refractivity contribution in [3.63, 3.8) is 0 Å². The van der Waals surface area contributed by atoms with Gasteiger partial charge in [-0.1, -0.05) is 26.3 Å². The predicted molar refractivity (Wildman–Crippen MR) is 129 cm³/mol. The molecule has 32 heavy (non-hydrogen) atoms. The van der Waals surface area contributed by atoms with Crippen molar-refractivity contribution in [1.29, 1.82) is 0 Å². The third-order valence-corrected chi connectivity index (χ3v) is 7.14. The number of furan rings is 1. The highest BCUT2D eigenvalue weighted by molar-refractivity contribution is 5.92. The molecule has 174 valence electrons. The number of nitrogens with zero attached hydrogens (tertiary/aromatic N) is 1. The predicted octanol–water partition coefficient (Wildman–Crippen LogP) is 5.27. The van der Waals surface area contributed by atoms with Crippen molar-refractivity contribution >= 4 is 12.0 Å². The number of likely N-dealkylation sites (N-methyl/N-ethyl adjacent to an activating group) is 1. The maximum Gasteiger partial charge on any atom is 0.246 e. The summed E-state index contributed by atoms with van der Waals surface area (Å²) in [5.41, 5.74) is 8.20. The summed E-state index contributed by atoms with van der Waals surface area (Å²) in [7, 11) is 1.89. The molecule has 2 saturated carbocycles. The van der Waals surface area contributed by atoms with Crippen LogP contribution in [0.5, 0.6) is 5.75 Å². The second-order valence-corrected chi connectivity index (χ2v) is 9.75. The van der Waals surface area contributed by atoms with Crippen molar-refractivity contribution in [2.24, 2.45) is 17.6 Å². The molecule has 3 atom stereocenters. The van der Waals surface area contributed by atoms with Gasteiger partial charge in [0.25, 0.3) is 0 Å². The van der Waals surface area contributed by atoms with E-state index in [9.17, 15) is 9.90 Å². The minimum atomic E-state index is -0.200. The third kappa shape index (κ3) is 5.63. The number of hydrogen-bond acceptors (Lipinski definition) is 4. The van der Waals surface area contributed by atoms with Gasteiger partial charge in [-0.05, 0) is 86.4 Å². The van der Waals surface area contributed by atoms with Crippen molar-refractivity contribution < 1.29 is 14.3 Å². The van der Waals surface area contributed by atoms with Crippen LogP contribution in [0, 0.1) is 18.8 Å². The van der Waals surface area contributed by atoms with Gasteiger partial charge in [0.1, 0.15) is 5.75 Å². The fourth-order valence-electron chi connectivity index (χ4n) is 5.20. The van der Waals surface area contributed by atoms with Crippen molar-refractivity contribution in [1.82, 2.24) is 4.90 Å². The van der Waals surface area contributed by atoms with Crippen molar-refractivity contribution in [2.45, 2.75) is 64.3 Å². The molecule has 1 aromatic carbocycles. The number of nitrogens with two attached hydrogens (primary N) is 1. The number of benzene rings is 1. The maximum absolute atomic E-state index is 12.9. The Kier molecular flexibility index (Phi) is 7.83. The van der Waals surface area contributed by atoms with Crippen LogP contribution in [0.4, 0.5) is 0 Å². The van der Waals surface area contributed by atoms with Gasteiger partial charge in [-0.25, -0.2) is 0 Å². The molecule has 3 N–H and O–H groups in total. The lowest BCUT2D eigenvalue weighted by Gasteiger charge is -2.50. The number of aromatic hydroxyl groups is 1. The fraction of sp³-hybridized carbons (Fsp3) is 0.519. The molecule has 4 rings (SSSR count). The zero-order valence-electron chi connectivity index (χ0n) is 19.9. The average molecular weight is 439 g/mol. The van der Waals surface area contributed by atoms with Crippen LogP contribution in [0.15, 0.2) is 47.3 Å². The van der Waals surface area contributed by atoms with Crippen LogP contribution in [0.2, 0.25) is 0 Å².